The van der Waals surface area contributed by atoms with E-state index in [0.717, 1.165) is 11.2 Å². The van der Waals surface area contributed by atoms with Crippen LogP contribution in [0.25, 0.3) is 22.0 Å². The van der Waals surface area contributed by atoms with Crippen molar-refractivity contribution in [3.63, 3.8) is 0 Å². The molecule has 94 valence electrons. The van der Waals surface area contributed by atoms with E-state index in [4.69, 9.17) is 0 Å². The van der Waals surface area contributed by atoms with Crippen molar-refractivity contribution in [2.75, 3.05) is 0 Å². The van der Waals surface area contributed by atoms with Gasteiger partial charge in [0.25, 0.3) is 0 Å². The van der Waals surface area contributed by atoms with Gasteiger partial charge in [-0.05, 0) is 48.1 Å². The van der Waals surface area contributed by atoms with Gasteiger partial charge < -0.3 is 0 Å². The molecule has 3 rings (SSSR count). The molecular weight excluding hydrogens is 345 g/mol. The van der Waals surface area contributed by atoms with Gasteiger partial charge in [0, 0.05) is 14.5 Å². The quantitative estimate of drug-likeness (QED) is 0.550. The highest BCUT2D eigenvalue weighted by atomic mass is 127. The molecule has 0 N–H and O–H groups in total. The second-order valence-corrected chi connectivity index (χ2v) is 5.85. The Bertz CT molecular complexity index is 745. The lowest BCUT2D eigenvalue weighted by Gasteiger charge is -2.12. The van der Waals surface area contributed by atoms with Crippen molar-refractivity contribution < 1.29 is 0 Å². The molecule has 0 fully saturated rings. The summed E-state index contributed by atoms with van der Waals surface area (Å²) in [6, 6.07) is 17.1. The number of rotatable bonds is 1. The Hall–Kier alpha value is -1.42. The first-order chi connectivity index (χ1) is 9.16. The Morgan fingerprint density at radius 2 is 1.58 bits per heavy atom. The molecule has 1 nitrogen and oxygen atoms in total. The van der Waals surface area contributed by atoms with Gasteiger partial charge in [0.2, 0.25) is 0 Å². The Morgan fingerprint density at radius 3 is 2.32 bits per heavy atom. The van der Waals surface area contributed by atoms with Crippen LogP contribution in [0, 0.1) is 17.4 Å². The Morgan fingerprint density at radius 1 is 0.895 bits per heavy atom. The molecule has 0 aliphatic heterocycles. The second kappa shape index (κ2) is 4.93. The monoisotopic (exact) mass is 359 g/mol. The van der Waals surface area contributed by atoms with E-state index in [9.17, 15) is 0 Å². The van der Waals surface area contributed by atoms with Crippen LogP contribution in [-0.4, -0.2) is 4.98 Å². The topological polar surface area (TPSA) is 12.9 Å². The van der Waals surface area contributed by atoms with E-state index >= 15 is 0 Å². The van der Waals surface area contributed by atoms with Gasteiger partial charge in [-0.15, -0.1) is 0 Å². The summed E-state index contributed by atoms with van der Waals surface area (Å²) in [7, 11) is 0. The van der Waals surface area contributed by atoms with Crippen molar-refractivity contribution in [1.82, 2.24) is 4.98 Å². The van der Waals surface area contributed by atoms with Gasteiger partial charge in [0.1, 0.15) is 0 Å². The largest absolute Gasteiger partial charge is 0.252 e. The van der Waals surface area contributed by atoms with E-state index in [-0.39, 0.29) is 0 Å². The van der Waals surface area contributed by atoms with Gasteiger partial charge in [-0.2, -0.15) is 0 Å². The van der Waals surface area contributed by atoms with Crippen LogP contribution in [0.15, 0.2) is 48.5 Å². The van der Waals surface area contributed by atoms with Gasteiger partial charge in [0.15, 0.2) is 0 Å². The molecule has 1 heterocycles. The predicted molar refractivity (Wildman–Crippen MR) is 89.4 cm³/mol. The summed E-state index contributed by atoms with van der Waals surface area (Å²) >= 11 is 2.40. The zero-order valence-corrected chi connectivity index (χ0v) is 13.1. The maximum atomic E-state index is 4.67. The molecule has 19 heavy (non-hydrogen) atoms. The van der Waals surface area contributed by atoms with Gasteiger partial charge >= 0.3 is 0 Å². The summed E-state index contributed by atoms with van der Waals surface area (Å²) in [4.78, 5) is 4.67. The number of aryl methyl sites for hydroxylation is 2. The third-order valence-electron chi connectivity index (χ3n) is 3.34. The highest BCUT2D eigenvalue weighted by Gasteiger charge is 2.11. The molecule has 0 unspecified atom stereocenters. The van der Waals surface area contributed by atoms with E-state index in [1.54, 1.807) is 0 Å². The van der Waals surface area contributed by atoms with E-state index in [0.29, 0.717) is 0 Å². The van der Waals surface area contributed by atoms with Crippen molar-refractivity contribution in [3.8, 4) is 11.1 Å². The molecule has 0 saturated carbocycles. The van der Waals surface area contributed by atoms with Crippen molar-refractivity contribution in [2.24, 2.45) is 0 Å². The Balaban J connectivity index is 2.38. The van der Waals surface area contributed by atoms with Crippen LogP contribution in [-0.2, 0) is 0 Å². The maximum Gasteiger partial charge on any atom is 0.0712 e. The number of pyridine rings is 1. The molecule has 0 saturated heterocycles. The van der Waals surface area contributed by atoms with E-state index < -0.39 is 0 Å². The predicted octanol–water partition coefficient (Wildman–Crippen LogP) is 5.12. The first-order valence-corrected chi connectivity index (χ1v) is 7.36. The molecule has 0 spiro atoms. The third kappa shape index (κ3) is 2.25. The normalized spacial score (nSPS) is 10.9. The first-order valence-electron chi connectivity index (χ1n) is 6.28. The van der Waals surface area contributed by atoms with Gasteiger partial charge in [-0.25, -0.2) is 0 Å². The molecule has 1 aromatic heterocycles. The van der Waals surface area contributed by atoms with E-state index in [1.807, 2.05) is 6.07 Å². The van der Waals surface area contributed by atoms with E-state index in [1.165, 1.54) is 25.6 Å². The second-order valence-electron chi connectivity index (χ2n) is 4.77. The highest BCUT2D eigenvalue weighted by Crippen LogP contribution is 2.33. The molecule has 0 amide bonds. The van der Waals surface area contributed by atoms with Crippen LogP contribution in [0.3, 0.4) is 0 Å². The molecule has 0 bridgehead atoms. The lowest BCUT2D eigenvalue weighted by Crippen LogP contribution is -1.94. The summed E-state index contributed by atoms with van der Waals surface area (Å²) in [5.74, 6) is 0. The molecule has 0 atom stereocenters. The highest BCUT2D eigenvalue weighted by molar-refractivity contribution is 14.1. The standard InChI is InChI=1S/C17H14IN/c1-11-7-9-13(10-8-11)16-14-5-3-4-6-15(14)19-12(2)17(16)18/h3-10H,1-2H3. The van der Waals surface area contributed by atoms with Gasteiger partial charge in [0.05, 0.1) is 11.2 Å². The zero-order valence-electron chi connectivity index (χ0n) is 10.9. The number of hydrogen-bond acceptors (Lipinski definition) is 1. The van der Waals surface area contributed by atoms with Crippen LogP contribution in [0.4, 0.5) is 0 Å². The zero-order chi connectivity index (χ0) is 13.4. The summed E-state index contributed by atoms with van der Waals surface area (Å²) in [5, 5.41) is 1.22. The molecule has 0 aliphatic carbocycles. The van der Waals surface area contributed by atoms with Crippen LogP contribution < -0.4 is 0 Å². The van der Waals surface area contributed by atoms with Crippen LogP contribution in [0.2, 0.25) is 0 Å². The molecule has 3 aromatic rings. The van der Waals surface area contributed by atoms with Crippen LogP contribution >= 0.6 is 22.6 Å². The lowest BCUT2D eigenvalue weighted by atomic mass is 9.99. The molecule has 0 radical (unpaired) electrons. The fourth-order valence-electron chi connectivity index (χ4n) is 2.31. The molecular formula is C17H14IN. The maximum absolute atomic E-state index is 4.67. The van der Waals surface area contributed by atoms with Crippen molar-refractivity contribution in [2.45, 2.75) is 13.8 Å². The summed E-state index contributed by atoms with van der Waals surface area (Å²) in [6.07, 6.45) is 0. The third-order valence-corrected chi connectivity index (χ3v) is 4.66. The molecule has 0 aliphatic rings. The number of hydrogen-bond donors (Lipinski definition) is 0. The number of fused-ring (bicyclic) bond motifs is 1. The number of nitrogens with zero attached hydrogens (tertiary/aromatic N) is 1. The van der Waals surface area contributed by atoms with Crippen molar-refractivity contribution in [1.29, 1.82) is 0 Å². The number of benzene rings is 2. The minimum atomic E-state index is 1.07. The average molecular weight is 359 g/mol. The van der Waals surface area contributed by atoms with Crippen molar-refractivity contribution in [3.05, 3.63) is 63.4 Å². The van der Waals surface area contributed by atoms with E-state index in [2.05, 4.69) is 83.9 Å². The fourth-order valence-corrected chi connectivity index (χ4v) is 3.04. The van der Waals surface area contributed by atoms with Gasteiger partial charge in [-0.3, -0.25) is 4.98 Å². The number of halogens is 1. The minimum Gasteiger partial charge on any atom is -0.252 e. The smallest absolute Gasteiger partial charge is 0.0712 e. The average Bonchev–Trinajstić information content (AvgIpc) is 2.42. The Labute approximate surface area is 126 Å². The van der Waals surface area contributed by atoms with Gasteiger partial charge in [-0.1, -0.05) is 48.0 Å². The van der Waals surface area contributed by atoms with Crippen LogP contribution in [0.1, 0.15) is 11.3 Å². The molecule has 2 aromatic carbocycles. The summed E-state index contributed by atoms with van der Waals surface area (Å²) in [5.41, 5.74) is 6.00. The minimum absolute atomic E-state index is 1.07. The SMILES string of the molecule is Cc1ccc(-c2c(I)c(C)nc3ccccc23)cc1. The number of para-hydroxylation sites is 1. The summed E-state index contributed by atoms with van der Waals surface area (Å²) in [6.45, 7) is 4.19. The lowest BCUT2D eigenvalue weighted by molar-refractivity contribution is 1.23. The summed E-state index contributed by atoms with van der Waals surface area (Å²) < 4.78 is 1.24. The molecule has 2 heteroatoms. The number of aromatic nitrogens is 1. The van der Waals surface area contributed by atoms with Crippen molar-refractivity contribution >= 4 is 33.5 Å². The fraction of sp³-hybridized carbons (Fsp3) is 0.118. The first kappa shape index (κ1) is 12.6. The van der Waals surface area contributed by atoms with Crippen LogP contribution in [0.5, 0.6) is 0 Å². The Kier molecular flexibility index (Phi) is 3.27.